The van der Waals surface area contributed by atoms with Gasteiger partial charge in [0.2, 0.25) is 0 Å². The van der Waals surface area contributed by atoms with E-state index in [9.17, 15) is 0 Å². The summed E-state index contributed by atoms with van der Waals surface area (Å²) in [7, 11) is -3.97. The van der Waals surface area contributed by atoms with Gasteiger partial charge < -0.3 is 0 Å². The molecular weight excluding hydrogens is 397 g/mol. The Balaban J connectivity index is 2.20. The Kier molecular flexibility index (Phi) is 7.19. The number of benzene rings is 2. The maximum atomic E-state index is 4.35. The summed E-state index contributed by atoms with van der Waals surface area (Å²) in [5.74, 6) is 0. The van der Waals surface area contributed by atoms with Crippen molar-refractivity contribution in [1.29, 1.82) is 0 Å². The Hall–Kier alpha value is -1.43. The molecule has 2 rings (SSSR count). The van der Waals surface area contributed by atoms with Crippen molar-refractivity contribution in [2.45, 2.75) is 64.5 Å². The van der Waals surface area contributed by atoms with Crippen LogP contribution in [0.3, 0.4) is 0 Å². The molecule has 0 saturated heterocycles. The van der Waals surface area contributed by atoms with E-state index in [0.29, 0.717) is 0 Å². The first-order valence-electron chi connectivity index (χ1n) is 10.8. The van der Waals surface area contributed by atoms with Crippen LogP contribution in [-0.2, 0) is 0 Å². The second kappa shape index (κ2) is 8.75. The highest BCUT2D eigenvalue weighted by atomic mass is 28.3. The summed E-state index contributed by atoms with van der Waals surface area (Å²) in [6.07, 6.45) is 0. The molecule has 0 saturated carbocycles. The average molecular weight is 437 g/mol. The van der Waals surface area contributed by atoms with Crippen molar-refractivity contribution in [2.24, 2.45) is 0 Å². The maximum Gasteiger partial charge on any atom is 0.112 e. The third-order valence-electron chi connectivity index (χ3n) is 5.52. The van der Waals surface area contributed by atoms with Gasteiger partial charge in [-0.15, -0.1) is 0 Å². The molecule has 0 N–H and O–H groups in total. The molecule has 0 nitrogen and oxygen atoms in total. The van der Waals surface area contributed by atoms with Gasteiger partial charge in [-0.05, 0) is 23.2 Å². The van der Waals surface area contributed by atoms with Gasteiger partial charge in [0.15, 0.2) is 0 Å². The normalized spacial score (nSPS) is 12.7. The molecule has 0 aliphatic rings. The number of allylic oxidation sites excluding steroid dienone is 2. The third kappa shape index (κ3) is 6.80. The predicted molar refractivity (Wildman–Crippen MR) is 144 cm³/mol. The lowest BCUT2D eigenvalue weighted by Gasteiger charge is -2.25. The van der Waals surface area contributed by atoms with E-state index in [-0.39, 0.29) is 0 Å². The van der Waals surface area contributed by atoms with Gasteiger partial charge in [0.1, 0.15) is 8.07 Å². The van der Waals surface area contributed by atoms with Crippen molar-refractivity contribution in [3.63, 3.8) is 0 Å². The highest BCUT2D eigenvalue weighted by Gasteiger charge is 2.26. The van der Waals surface area contributed by atoms with Crippen molar-refractivity contribution >= 4 is 45.7 Å². The predicted octanol–water partition coefficient (Wildman–Crippen LogP) is 7.21. The van der Waals surface area contributed by atoms with Crippen LogP contribution >= 0.6 is 0 Å². The second-order valence-corrected chi connectivity index (χ2v) is 26.8. The number of rotatable bonds is 8. The van der Waals surface area contributed by atoms with Gasteiger partial charge >= 0.3 is 0 Å². The molecule has 0 bridgehead atoms. The summed E-state index contributed by atoms with van der Waals surface area (Å²) < 4.78 is 0. The molecule has 0 aromatic heterocycles. The minimum absolute atomic E-state index is 1.13. The first-order valence-corrected chi connectivity index (χ1v) is 21.2. The lowest BCUT2D eigenvalue weighted by molar-refractivity contribution is 1.49. The molecule has 0 aliphatic carbocycles. The molecule has 2 aromatic carbocycles. The van der Waals surface area contributed by atoms with Crippen molar-refractivity contribution in [3.8, 4) is 0 Å². The Labute approximate surface area is 182 Å². The molecule has 3 heteroatoms. The molecule has 0 spiro atoms. The van der Waals surface area contributed by atoms with Gasteiger partial charge in [-0.1, -0.05) is 136 Å². The van der Waals surface area contributed by atoms with E-state index >= 15 is 0 Å². The third-order valence-corrected chi connectivity index (χ3v) is 12.0. The van der Waals surface area contributed by atoms with Crippen molar-refractivity contribution in [2.75, 3.05) is 0 Å². The second-order valence-electron chi connectivity index (χ2n) is 11.5. The highest BCUT2D eigenvalue weighted by Crippen LogP contribution is 2.25. The molecule has 0 amide bonds. The average Bonchev–Trinajstić information content (AvgIpc) is 2.59. The fourth-order valence-corrected chi connectivity index (χ4v) is 9.20. The monoisotopic (exact) mass is 436 g/mol. The van der Waals surface area contributed by atoms with Crippen molar-refractivity contribution < 1.29 is 0 Å². The summed E-state index contributed by atoms with van der Waals surface area (Å²) in [5, 5.41) is 2.96. The summed E-state index contributed by atoms with van der Waals surface area (Å²) in [6.45, 7) is 28.0. The van der Waals surface area contributed by atoms with Gasteiger partial charge in [0.05, 0.1) is 0 Å². The molecule has 0 radical (unpaired) electrons. The zero-order valence-electron chi connectivity index (χ0n) is 19.9. The molecule has 0 heterocycles. The van der Waals surface area contributed by atoms with Gasteiger partial charge in [0, 0.05) is 16.1 Å². The number of hydrogen-bond donors (Lipinski definition) is 0. The van der Waals surface area contributed by atoms with E-state index in [1.807, 2.05) is 0 Å². The molecule has 0 atom stereocenters. The molecule has 29 heavy (non-hydrogen) atoms. The topological polar surface area (TPSA) is 0 Å². The Morgan fingerprint density at radius 2 is 0.828 bits per heavy atom. The molecule has 0 aliphatic heterocycles. The fourth-order valence-electron chi connectivity index (χ4n) is 3.90. The van der Waals surface area contributed by atoms with Crippen LogP contribution in [0.25, 0.3) is 11.1 Å². The Morgan fingerprint density at radius 1 is 0.552 bits per heavy atom. The summed E-state index contributed by atoms with van der Waals surface area (Å²) >= 11 is 0. The molecule has 0 fully saturated rings. The van der Waals surface area contributed by atoms with Gasteiger partial charge in [-0.25, -0.2) is 0 Å². The van der Waals surface area contributed by atoms with Crippen LogP contribution in [0, 0.1) is 0 Å². The lowest BCUT2D eigenvalue weighted by Crippen LogP contribution is -2.52. The smallest absolute Gasteiger partial charge is 0.0955 e. The van der Waals surface area contributed by atoms with Crippen LogP contribution < -0.4 is 10.4 Å². The molecule has 156 valence electrons. The van der Waals surface area contributed by atoms with E-state index in [1.54, 1.807) is 0 Å². The van der Waals surface area contributed by atoms with Gasteiger partial charge in [0.25, 0.3) is 0 Å². The molecular formula is C26H40Si3. The van der Waals surface area contributed by atoms with Crippen LogP contribution in [0.15, 0.2) is 61.7 Å². The van der Waals surface area contributed by atoms with Gasteiger partial charge in [-0.2, -0.15) is 0 Å². The van der Waals surface area contributed by atoms with Crippen LogP contribution in [-0.4, -0.2) is 24.2 Å². The van der Waals surface area contributed by atoms with Gasteiger partial charge in [-0.3, -0.25) is 0 Å². The van der Waals surface area contributed by atoms with Crippen LogP contribution in [0.2, 0.25) is 64.5 Å². The SMILES string of the molecule is C=C(C[Si](C)(C)C)c1ccc([Si](C)(C)c2ccc(C(=C)C[Si](C)(C)C)cc2)cc1. The maximum absolute atomic E-state index is 4.35. The van der Waals surface area contributed by atoms with E-state index in [4.69, 9.17) is 0 Å². The van der Waals surface area contributed by atoms with Crippen molar-refractivity contribution in [1.82, 2.24) is 0 Å². The zero-order chi connectivity index (χ0) is 22.0. The largest absolute Gasteiger partial charge is 0.112 e. The Bertz CT molecular complexity index is 785. The van der Waals surface area contributed by atoms with Crippen LogP contribution in [0.4, 0.5) is 0 Å². The van der Waals surface area contributed by atoms with E-state index in [0.717, 1.165) is 12.1 Å². The molecule has 2 aromatic rings. The quantitative estimate of drug-likeness (QED) is 0.383. The van der Waals surface area contributed by atoms with Crippen LogP contribution in [0.1, 0.15) is 11.1 Å². The Morgan fingerprint density at radius 3 is 1.07 bits per heavy atom. The highest BCUT2D eigenvalue weighted by molar-refractivity contribution is 7.00. The standard InChI is InChI=1S/C26H40Si3/c1-21(19-27(3,4)5)23-11-15-25(16-12-23)29(9,10)26-17-13-24(14-18-26)22(2)20-28(6,7)8/h11-18H,1-2,19-20H2,3-10H3. The fraction of sp³-hybridized carbons (Fsp3) is 0.385. The zero-order valence-corrected chi connectivity index (χ0v) is 22.9. The first-order chi connectivity index (χ1) is 13.2. The minimum Gasteiger partial charge on any atom is -0.0955 e. The summed E-state index contributed by atoms with van der Waals surface area (Å²) in [6, 6.07) is 20.8. The van der Waals surface area contributed by atoms with E-state index < -0.39 is 24.2 Å². The van der Waals surface area contributed by atoms with E-state index in [2.05, 4.69) is 114 Å². The van der Waals surface area contributed by atoms with Crippen molar-refractivity contribution in [3.05, 3.63) is 72.8 Å². The van der Waals surface area contributed by atoms with E-state index in [1.165, 1.54) is 32.6 Å². The van der Waals surface area contributed by atoms with Crippen LogP contribution in [0.5, 0.6) is 0 Å². The minimum atomic E-state index is -1.71. The first kappa shape index (κ1) is 23.8. The summed E-state index contributed by atoms with van der Waals surface area (Å²) in [4.78, 5) is 0. The molecule has 0 unspecified atom stereocenters. The summed E-state index contributed by atoms with van der Waals surface area (Å²) in [5.41, 5.74) is 5.19. The number of hydrogen-bond acceptors (Lipinski definition) is 0. The lowest BCUT2D eigenvalue weighted by atomic mass is 10.1.